The largest absolute Gasteiger partial charge is 0.438 e. The van der Waals surface area contributed by atoms with Crippen LogP contribution in [-0.2, 0) is 4.74 Å². The molecule has 0 saturated heterocycles. The fraction of sp³-hybridized carbons (Fsp3) is 0.0588. The standard InChI is InChI=1S/C17H10ClN3OS/c18-13-5-2-1-4-10(13)15-11(8-19)16(14-6-3-7-23-14)22-17(21)12(15)9-20/h1-7,15H,21H2. The topological polar surface area (TPSA) is 82.8 Å². The third-order valence-electron chi connectivity index (χ3n) is 3.50. The average molecular weight is 340 g/mol. The van der Waals surface area contributed by atoms with Crippen LogP contribution in [0.3, 0.4) is 0 Å². The monoisotopic (exact) mass is 339 g/mol. The summed E-state index contributed by atoms with van der Waals surface area (Å²) in [7, 11) is 0. The maximum atomic E-state index is 9.68. The minimum atomic E-state index is -0.635. The lowest BCUT2D eigenvalue weighted by molar-refractivity contribution is 0.358. The fourth-order valence-corrected chi connectivity index (χ4v) is 3.45. The molecule has 1 aromatic carbocycles. The molecule has 112 valence electrons. The van der Waals surface area contributed by atoms with Crippen molar-refractivity contribution in [2.45, 2.75) is 5.92 Å². The number of thiophene rings is 1. The van der Waals surface area contributed by atoms with E-state index in [1.54, 1.807) is 18.2 Å². The number of rotatable bonds is 2. The summed E-state index contributed by atoms with van der Waals surface area (Å²) in [5.74, 6) is -0.256. The van der Waals surface area contributed by atoms with E-state index >= 15 is 0 Å². The van der Waals surface area contributed by atoms with Gasteiger partial charge in [0.2, 0.25) is 5.88 Å². The molecule has 1 unspecified atom stereocenters. The summed E-state index contributed by atoms with van der Waals surface area (Å²) in [6.45, 7) is 0. The Morgan fingerprint density at radius 1 is 1.09 bits per heavy atom. The molecule has 2 N–H and O–H groups in total. The molecule has 6 heteroatoms. The Morgan fingerprint density at radius 2 is 1.83 bits per heavy atom. The Kier molecular flexibility index (Phi) is 4.08. The van der Waals surface area contributed by atoms with E-state index in [0.717, 1.165) is 4.88 Å². The number of ether oxygens (including phenoxy) is 1. The van der Waals surface area contributed by atoms with Crippen LogP contribution < -0.4 is 5.73 Å². The van der Waals surface area contributed by atoms with Crippen LogP contribution in [0.1, 0.15) is 16.4 Å². The number of halogens is 1. The van der Waals surface area contributed by atoms with E-state index in [1.165, 1.54) is 11.3 Å². The summed E-state index contributed by atoms with van der Waals surface area (Å²) in [5, 5.41) is 21.5. The van der Waals surface area contributed by atoms with E-state index in [9.17, 15) is 10.5 Å². The van der Waals surface area contributed by atoms with Gasteiger partial charge in [0.15, 0.2) is 5.76 Å². The van der Waals surface area contributed by atoms with Crippen molar-refractivity contribution < 1.29 is 4.74 Å². The van der Waals surface area contributed by atoms with Gasteiger partial charge in [-0.25, -0.2) is 0 Å². The summed E-state index contributed by atoms with van der Waals surface area (Å²) < 4.78 is 5.59. The first-order valence-electron chi connectivity index (χ1n) is 6.67. The van der Waals surface area contributed by atoms with Crippen LogP contribution in [0.15, 0.2) is 58.8 Å². The molecule has 0 aliphatic carbocycles. The molecule has 1 aromatic heterocycles. The highest BCUT2D eigenvalue weighted by Crippen LogP contribution is 2.44. The van der Waals surface area contributed by atoms with Gasteiger partial charge in [0, 0.05) is 5.02 Å². The summed E-state index contributed by atoms with van der Waals surface area (Å²) in [6.07, 6.45) is 0. The van der Waals surface area contributed by atoms with Crippen LogP contribution >= 0.6 is 22.9 Å². The molecule has 1 atom stereocenters. The predicted octanol–water partition coefficient (Wildman–Crippen LogP) is 4.14. The molecule has 2 aromatic rings. The summed E-state index contributed by atoms with van der Waals surface area (Å²) in [5.41, 5.74) is 7.10. The van der Waals surface area contributed by atoms with Gasteiger partial charge in [0.25, 0.3) is 0 Å². The molecule has 4 nitrogen and oxygen atoms in total. The predicted molar refractivity (Wildman–Crippen MR) is 89.0 cm³/mol. The molecule has 0 amide bonds. The van der Waals surface area contributed by atoms with Gasteiger partial charge in [-0.1, -0.05) is 35.9 Å². The number of allylic oxidation sites excluding steroid dienone is 2. The van der Waals surface area contributed by atoms with Gasteiger partial charge in [0.1, 0.15) is 11.6 Å². The van der Waals surface area contributed by atoms with Gasteiger partial charge in [-0.3, -0.25) is 0 Å². The van der Waals surface area contributed by atoms with E-state index < -0.39 is 5.92 Å². The maximum absolute atomic E-state index is 9.68. The molecule has 1 aliphatic heterocycles. The third kappa shape index (κ3) is 2.57. The second kappa shape index (κ2) is 6.18. The van der Waals surface area contributed by atoms with E-state index in [-0.39, 0.29) is 11.5 Å². The van der Waals surface area contributed by atoms with Crippen LogP contribution in [0.25, 0.3) is 5.76 Å². The van der Waals surface area contributed by atoms with Crippen molar-refractivity contribution in [1.29, 1.82) is 10.5 Å². The normalized spacial score (nSPS) is 17.4. The minimum Gasteiger partial charge on any atom is -0.438 e. The second-order valence-electron chi connectivity index (χ2n) is 4.78. The first-order valence-corrected chi connectivity index (χ1v) is 7.93. The van der Waals surface area contributed by atoms with Crippen molar-refractivity contribution in [1.82, 2.24) is 0 Å². The Morgan fingerprint density at radius 3 is 2.43 bits per heavy atom. The average Bonchev–Trinajstić information content (AvgIpc) is 3.08. The number of hydrogen-bond acceptors (Lipinski definition) is 5. The number of nitrogens with two attached hydrogens (primary N) is 1. The highest BCUT2D eigenvalue weighted by atomic mass is 35.5. The Labute approximate surface area is 142 Å². The number of nitrogens with zero attached hydrogens (tertiary/aromatic N) is 2. The Hall–Kier alpha value is -2.73. The lowest BCUT2D eigenvalue weighted by Gasteiger charge is -2.26. The first-order chi connectivity index (χ1) is 11.2. The molecule has 0 fully saturated rings. The van der Waals surface area contributed by atoms with Crippen molar-refractivity contribution >= 4 is 28.7 Å². The molecule has 0 bridgehead atoms. The zero-order valence-electron chi connectivity index (χ0n) is 11.8. The summed E-state index contributed by atoms with van der Waals surface area (Å²) in [4.78, 5) is 0.776. The molecule has 2 heterocycles. The number of nitriles is 2. The van der Waals surface area contributed by atoms with Gasteiger partial charge >= 0.3 is 0 Å². The van der Waals surface area contributed by atoms with Gasteiger partial charge in [-0.05, 0) is 23.1 Å². The maximum Gasteiger partial charge on any atom is 0.205 e. The Balaban J connectivity index is 2.27. The fourth-order valence-electron chi connectivity index (χ4n) is 2.48. The molecular formula is C17H10ClN3OS. The molecular weight excluding hydrogens is 330 g/mol. The van der Waals surface area contributed by atoms with Crippen molar-refractivity contribution in [3.8, 4) is 12.1 Å². The highest BCUT2D eigenvalue weighted by Gasteiger charge is 2.35. The van der Waals surface area contributed by atoms with E-state index in [1.807, 2.05) is 29.6 Å². The van der Waals surface area contributed by atoms with Crippen LogP contribution in [0.5, 0.6) is 0 Å². The molecule has 3 rings (SSSR count). The van der Waals surface area contributed by atoms with Gasteiger partial charge in [0.05, 0.1) is 22.4 Å². The quantitative estimate of drug-likeness (QED) is 0.891. The summed E-state index contributed by atoms with van der Waals surface area (Å²) in [6, 6.07) is 15.0. The Bertz CT molecular complexity index is 901. The smallest absolute Gasteiger partial charge is 0.205 e. The van der Waals surface area contributed by atoms with Gasteiger partial charge < -0.3 is 10.5 Å². The summed E-state index contributed by atoms with van der Waals surface area (Å²) >= 11 is 7.71. The van der Waals surface area contributed by atoms with Crippen LogP contribution in [0, 0.1) is 22.7 Å². The number of hydrogen-bond donors (Lipinski definition) is 1. The number of benzene rings is 1. The van der Waals surface area contributed by atoms with Crippen molar-refractivity contribution in [3.05, 3.63) is 74.3 Å². The minimum absolute atomic E-state index is 0.000167. The van der Waals surface area contributed by atoms with Gasteiger partial charge in [-0.15, -0.1) is 11.3 Å². The van der Waals surface area contributed by atoms with E-state index in [4.69, 9.17) is 22.1 Å². The van der Waals surface area contributed by atoms with Crippen molar-refractivity contribution in [3.63, 3.8) is 0 Å². The third-order valence-corrected chi connectivity index (χ3v) is 4.71. The zero-order valence-corrected chi connectivity index (χ0v) is 13.4. The second-order valence-corrected chi connectivity index (χ2v) is 6.13. The lowest BCUT2D eigenvalue weighted by Crippen LogP contribution is -2.20. The SMILES string of the molecule is N#CC1=C(N)OC(c2cccs2)=C(C#N)C1c1ccccc1Cl. The van der Waals surface area contributed by atoms with Crippen LogP contribution in [0.4, 0.5) is 0 Å². The van der Waals surface area contributed by atoms with Crippen molar-refractivity contribution in [2.75, 3.05) is 0 Å². The van der Waals surface area contributed by atoms with Crippen molar-refractivity contribution in [2.24, 2.45) is 5.73 Å². The van der Waals surface area contributed by atoms with Gasteiger partial charge in [-0.2, -0.15) is 10.5 Å². The molecule has 0 radical (unpaired) electrons. The van der Waals surface area contributed by atoms with E-state index in [2.05, 4.69) is 6.07 Å². The molecule has 0 spiro atoms. The lowest BCUT2D eigenvalue weighted by atomic mass is 9.83. The highest BCUT2D eigenvalue weighted by molar-refractivity contribution is 7.11. The molecule has 0 saturated carbocycles. The van der Waals surface area contributed by atoms with E-state index in [0.29, 0.717) is 21.9 Å². The molecule has 23 heavy (non-hydrogen) atoms. The molecule has 1 aliphatic rings. The zero-order chi connectivity index (χ0) is 16.4. The first kappa shape index (κ1) is 15.2. The van der Waals surface area contributed by atoms with Crippen LogP contribution in [-0.4, -0.2) is 0 Å². The van der Waals surface area contributed by atoms with Crippen LogP contribution in [0.2, 0.25) is 5.02 Å².